The fourth-order valence-electron chi connectivity index (χ4n) is 4.10. The number of methoxy groups -OCH3 is 1. The van der Waals surface area contributed by atoms with Crippen molar-refractivity contribution in [3.63, 3.8) is 0 Å². The van der Waals surface area contributed by atoms with Crippen LogP contribution < -0.4 is 10.9 Å². The van der Waals surface area contributed by atoms with Gasteiger partial charge in [-0.15, -0.1) is 0 Å². The van der Waals surface area contributed by atoms with E-state index in [1.54, 1.807) is 30.0 Å². The number of H-pyrrole nitrogens is 1. The topological polar surface area (TPSA) is 123 Å². The molecule has 10 nitrogen and oxygen atoms in total. The molecule has 2 N–H and O–H groups in total. The molecule has 184 valence electrons. The Labute approximate surface area is 209 Å². The summed E-state index contributed by atoms with van der Waals surface area (Å²) in [5, 5.41) is 1.95. The van der Waals surface area contributed by atoms with Gasteiger partial charge in [-0.25, -0.2) is 9.78 Å². The molecule has 0 unspecified atom stereocenters. The minimum atomic E-state index is -1.14. The summed E-state index contributed by atoms with van der Waals surface area (Å²) in [6, 6.07) is 4.34. The van der Waals surface area contributed by atoms with Crippen LogP contribution in [0.4, 0.5) is 4.79 Å². The molecule has 2 fully saturated rings. The number of amides is 2. The molecule has 1 aromatic carbocycles. The van der Waals surface area contributed by atoms with Gasteiger partial charge in [0.1, 0.15) is 16.7 Å². The van der Waals surface area contributed by atoms with E-state index < -0.39 is 22.1 Å². The van der Waals surface area contributed by atoms with E-state index in [1.807, 2.05) is 13.8 Å². The van der Waals surface area contributed by atoms with Gasteiger partial charge in [-0.1, -0.05) is 41.5 Å². The van der Waals surface area contributed by atoms with Gasteiger partial charge in [-0.3, -0.25) is 9.59 Å². The van der Waals surface area contributed by atoms with E-state index in [4.69, 9.17) is 19.2 Å². The summed E-state index contributed by atoms with van der Waals surface area (Å²) in [5.41, 5.74) is 0.170. The summed E-state index contributed by atoms with van der Waals surface area (Å²) in [6.07, 6.45) is 0.0347. The first-order chi connectivity index (χ1) is 16.1. The normalized spacial score (nSPS) is 22.8. The molecular weight excluding hydrogens is 528 g/mol. The van der Waals surface area contributed by atoms with Crippen LogP contribution in [0.5, 0.6) is 0 Å². The molecule has 3 heterocycles. The van der Waals surface area contributed by atoms with E-state index in [0.29, 0.717) is 24.1 Å². The highest BCUT2D eigenvalue weighted by Crippen LogP contribution is 2.54. The number of hydrogen-bond donors (Lipinski definition) is 2. The van der Waals surface area contributed by atoms with Crippen molar-refractivity contribution in [2.45, 2.75) is 43.2 Å². The first-order valence-corrected chi connectivity index (χ1v) is 12.5. The van der Waals surface area contributed by atoms with Crippen molar-refractivity contribution >= 4 is 50.6 Å². The highest BCUT2D eigenvalue weighted by Gasteiger charge is 2.59. The fourth-order valence-corrected chi connectivity index (χ4v) is 6.00. The molecule has 0 radical (unpaired) electrons. The second-order valence-corrected chi connectivity index (χ2v) is 11.2. The van der Waals surface area contributed by atoms with Crippen LogP contribution in [-0.2, 0) is 23.9 Å². The van der Waals surface area contributed by atoms with Crippen LogP contribution in [0.2, 0.25) is 0 Å². The zero-order chi connectivity index (χ0) is 24.7. The third kappa shape index (κ3) is 4.56. The summed E-state index contributed by atoms with van der Waals surface area (Å²) in [7, 11) is 1.24. The molecule has 2 aliphatic rings. The number of carbonyl (C=O) groups is 2. The van der Waals surface area contributed by atoms with E-state index in [2.05, 4.69) is 26.2 Å². The number of nitrogens with one attached hydrogen (secondary N) is 2. The summed E-state index contributed by atoms with van der Waals surface area (Å²) in [4.78, 5) is 46.7. The lowest BCUT2D eigenvalue weighted by atomic mass is 10.0. The Morgan fingerprint density at radius 1 is 1.32 bits per heavy atom. The van der Waals surface area contributed by atoms with Gasteiger partial charge in [0.15, 0.2) is 0 Å². The predicted molar refractivity (Wildman–Crippen MR) is 130 cm³/mol. The molecule has 2 aromatic rings. The highest BCUT2D eigenvalue weighted by atomic mass is 79.9. The Morgan fingerprint density at radius 2 is 2.03 bits per heavy atom. The van der Waals surface area contributed by atoms with Crippen LogP contribution in [0.25, 0.3) is 10.9 Å². The summed E-state index contributed by atoms with van der Waals surface area (Å²) >= 11 is 4.69. The number of alkyl carbamates (subject to hydrolysis) is 1. The second-order valence-electron chi connectivity index (χ2n) is 8.68. The minimum absolute atomic E-state index is 0.0965. The Hall–Kier alpha value is -2.15. The van der Waals surface area contributed by atoms with Gasteiger partial charge >= 0.3 is 6.09 Å². The third-order valence-electron chi connectivity index (χ3n) is 5.92. The van der Waals surface area contributed by atoms with Crippen molar-refractivity contribution in [3.8, 4) is 0 Å². The van der Waals surface area contributed by atoms with Gasteiger partial charge in [0.05, 0.1) is 37.8 Å². The third-order valence-corrected chi connectivity index (χ3v) is 7.90. The number of hydrogen-bond acceptors (Lipinski definition) is 8. The maximum Gasteiger partial charge on any atom is 0.407 e. The molecular formula is C22H27BrN4O6S. The van der Waals surface area contributed by atoms with Gasteiger partial charge in [0.2, 0.25) is 11.0 Å². The van der Waals surface area contributed by atoms with E-state index in [-0.39, 0.29) is 29.8 Å². The number of benzene rings is 1. The lowest BCUT2D eigenvalue weighted by Crippen LogP contribution is -2.55. The van der Waals surface area contributed by atoms with Crippen molar-refractivity contribution in [3.05, 3.63) is 38.9 Å². The molecule has 2 atom stereocenters. The smallest absolute Gasteiger partial charge is 0.407 e. The van der Waals surface area contributed by atoms with Crippen molar-refractivity contribution in [2.75, 3.05) is 26.9 Å². The average molecular weight is 555 g/mol. The maximum atomic E-state index is 13.9. The summed E-state index contributed by atoms with van der Waals surface area (Å²) in [5.74, 6) is -0.302. The zero-order valence-electron chi connectivity index (χ0n) is 19.3. The summed E-state index contributed by atoms with van der Waals surface area (Å²) < 4.78 is 17.5. The Bertz CT molecular complexity index is 1170. The Morgan fingerprint density at radius 3 is 2.68 bits per heavy atom. The number of aromatic amines is 1. The molecule has 2 amide bonds. The monoisotopic (exact) mass is 554 g/mol. The van der Waals surface area contributed by atoms with Gasteiger partial charge in [-0.05, 0) is 37.5 Å². The number of carbonyl (C=O) groups excluding carboxylic acids is 2. The van der Waals surface area contributed by atoms with Crippen molar-refractivity contribution in [1.82, 2.24) is 20.2 Å². The number of halogens is 1. The van der Waals surface area contributed by atoms with E-state index in [9.17, 15) is 14.4 Å². The van der Waals surface area contributed by atoms with Crippen LogP contribution in [0.15, 0.2) is 27.5 Å². The Kier molecular flexibility index (Phi) is 6.96. The number of thioether (sulfide) groups is 1. The minimum Gasteiger partial charge on any atom is -0.453 e. The molecule has 1 spiro atoms. The number of fused-ring (bicyclic) bond motifs is 1. The summed E-state index contributed by atoms with van der Waals surface area (Å²) in [6.45, 7) is 6.51. The SMILES string of the molecule is COC(=O)N[C@H](C(=O)N1CC2(OCCCO2)S[C@@]1(C)c1nc2cc(Br)ccc2c(=O)[nH]1)C(C)C. The number of rotatable bonds is 4. The van der Waals surface area contributed by atoms with Gasteiger partial charge < -0.3 is 29.4 Å². The van der Waals surface area contributed by atoms with Crippen LogP contribution >= 0.6 is 27.7 Å². The molecule has 0 aliphatic carbocycles. The molecule has 34 heavy (non-hydrogen) atoms. The van der Waals surface area contributed by atoms with E-state index in [1.165, 1.54) is 18.9 Å². The molecule has 4 rings (SSSR count). The molecule has 1 aromatic heterocycles. The first kappa shape index (κ1) is 25.0. The largest absolute Gasteiger partial charge is 0.453 e. The first-order valence-electron chi connectivity index (χ1n) is 10.9. The predicted octanol–water partition coefficient (Wildman–Crippen LogP) is 2.91. The fraction of sp³-hybridized carbons (Fsp3) is 0.545. The average Bonchev–Trinajstić information content (AvgIpc) is 3.09. The van der Waals surface area contributed by atoms with Crippen molar-refractivity contribution in [1.29, 1.82) is 0 Å². The van der Waals surface area contributed by atoms with Crippen LogP contribution in [-0.4, -0.2) is 64.9 Å². The molecule has 0 saturated carbocycles. The maximum absolute atomic E-state index is 13.9. The van der Waals surface area contributed by atoms with Gasteiger partial charge in [0.25, 0.3) is 5.56 Å². The Balaban J connectivity index is 1.81. The van der Waals surface area contributed by atoms with Gasteiger partial charge in [0, 0.05) is 4.47 Å². The quantitative estimate of drug-likeness (QED) is 0.591. The molecule has 12 heteroatoms. The van der Waals surface area contributed by atoms with Crippen molar-refractivity contribution in [2.24, 2.45) is 5.92 Å². The number of ether oxygens (including phenoxy) is 3. The van der Waals surface area contributed by atoms with Crippen molar-refractivity contribution < 1.29 is 23.8 Å². The lowest BCUT2D eigenvalue weighted by molar-refractivity contribution is -0.208. The zero-order valence-corrected chi connectivity index (χ0v) is 21.7. The molecule has 2 saturated heterocycles. The number of nitrogens with zero attached hydrogens (tertiary/aromatic N) is 2. The lowest BCUT2D eigenvalue weighted by Gasteiger charge is -2.35. The standard InChI is InChI=1S/C22H27BrN4O6S/c1-12(2)16(25-20(30)31-4)18(29)27-11-22(32-8-5-9-33-22)34-21(27,3)19-24-15-10-13(23)6-7-14(15)17(28)26-19/h6-7,10,12,16H,5,8-9,11H2,1-4H3,(H,25,30)(H,24,26,28)/t16-,21-/m0/s1. The van der Waals surface area contributed by atoms with Crippen LogP contribution in [0, 0.1) is 5.92 Å². The van der Waals surface area contributed by atoms with E-state index in [0.717, 1.165) is 10.9 Å². The van der Waals surface area contributed by atoms with Crippen LogP contribution in [0.1, 0.15) is 33.0 Å². The van der Waals surface area contributed by atoms with Gasteiger partial charge in [-0.2, -0.15) is 0 Å². The molecule has 2 aliphatic heterocycles. The highest BCUT2D eigenvalue weighted by molar-refractivity contribution is 9.10. The van der Waals surface area contributed by atoms with E-state index >= 15 is 0 Å². The molecule has 0 bridgehead atoms. The number of aromatic nitrogens is 2. The second kappa shape index (κ2) is 9.48. The van der Waals surface area contributed by atoms with Crippen LogP contribution in [0.3, 0.4) is 0 Å².